The minimum absolute atomic E-state index is 0.137. The molecule has 0 fully saturated rings. The van der Waals surface area contributed by atoms with Crippen LogP contribution in [0.15, 0.2) is 66.9 Å². The number of rotatable bonds is 5. The number of carbonyl (C=O) groups excluding carboxylic acids is 2. The molecule has 150 valence electrons. The first kappa shape index (κ1) is 19.5. The molecule has 30 heavy (non-hydrogen) atoms. The van der Waals surface area contributed by atoms with Crippen molar-refractivity contribution in [3.63, 3.8) is 0 Å². The number of halogens is 2. The van der Waals surface area contributed by atoms with Crippen LogP contribution in [0, 0.1) is 5.82 Å². The Balaban J connectivity index is 1.52. The number of aromatic nitrogens is 3. The molecule has 0 atom stereocenters. The topological polar surface area (TPSA) is 88.4 Å². The van der Waals surface area contributed by atoms with Crippen molar-refractivity contribution in [2.75, 3.05) is 5.32 Å². The van der Waals surface area contributed by atoms with Crippen molar-refractivity contribution >= 4 is 34.7 Å². The molecule has 0 spiro atoms. The quantitative estimate of drug-likeness (QED) is 0.512. The van der Waals surface area contributed by atoms with Crippen molar-refractivity contribution in [2.45, 2.75) is 6.54 Å². The molecule has 9 heteroatoms. The maximum absolute atomic E-state index is 13.1. The molecule has 2 aromatic heterocycles. The van der Waals surface area contributed by atoms with Gasteiger partial charge in [0.1, 0.15) is 5.82 Å². The molecule has 0 saturated carbocycles. The summed E-state index contributed by atoms with van der Waals surface area (Å²) in [6.07, 6.45) is 1.80. The van der Waals surface area contributed by atoms with E-state index < -0.39 is 17.6 Å². The molecule has 7 nitrogen and oxygen atoms in total. The van der Waals surface area contributed by atoms with Crippen LogP contribution in [0.25, 0.3) is 5.65 Å². The Morgan fingerprint density at radius 2 is 1.80 bits per heavy atom. The number of hydrogen-bond acceptors (Lipinski definition) is 4. The van der Waals surface area contributed by atoms with Crippen molar-refractivity contribution in [3.8, 4) is 0 Å². The first-order valence-corrected chi connectivity index (χ1v) is 9.32. The van der Waals surface area contributed by atoms with Gasteiger partial charge in [0.2, 0.25) is 0 Å². The van der Waals surface area contributed by atoms with Crippen molar-refractivity contribution in [1.29, 1.82) is 0 Å². The highest BCUT2D eigenvalue weighted by atomic mass is 35.5. The van der Waals surface area contributed by atoms with E-state index in [-0.39, 0.29) is 23.4 Å². The van der Waals surface area contributed by atoms with Crippen LogP contribution in [0.5, 0.6) is 0 Å². The molecule has 0 saturated heterocycles. The molecule has 2 amide bonds. The zero-order valence-corrected chi connectivity index (χ0v) is 16.2. The molecule has 0 aliphatic heterocycles. The maximum atomic E-state index is 13.1. The number of fused-ring (bicyclic) bond motifs is 1. The Morgan fingerprint density at radius 3 is 2.60 bits per heavy atom. The molecule has 0 unspecified atom stereocenters. The first-order valence-electron chi connectivity index (χ1n) is 8.94. The fourth-order valence-electron chi connectivity index (χ4n) is 2.88. The Hall–Kier alpha value is -3.78. The molecule has 2 aromatic carbocycles. The third kappa shape index (κ3) is 4.13. The van der Waals surface area contributed by atoms with Gasteiger partial charge in [0.15, 0.2) is 11.5 Å². The number of nitrogens with one attached hydrogen (secondary N) is 2. The zero-order chi connectivity index (χ0) is 21.1. The highest BCUT2D eigenvalue weighted by Gasteiger charge is 2.16. The summed E-state index contributed by atoms with van der Waals surface area (Å²) in [5.74, 6) is -0.802. The number of hydrogen-bond donors (Lipinski definition) is 2. The monoisotopic (exact) mass is 423 g/mol. The summed E-state index contributed by atoms with van der Waals surface area (Å²) in [6.45, 7) is 0.137. The maximum Gasteiger partial charge on any atom is 0.255 e. The van der Waals surface area contributed by atoms with Gasteiger partial charge < -0.3 is 10.6 Å². The van der Waals surface area contributed by atoms with E-state index in [1.807, 2.05) is 12.1 Å². The van der Waals surface area contributed by atoms with Gasteiger partial charge in [-0.3, -0.25) is 14.0 Å². The summed E-state index contributed by atoms with van der Waals surface area (Å²) in [5.41, 5.74) is 1.38. The molecule has 4 rings (SSSR count). The second-order valence-corrected chi connectivity index (χ2v) is 6.82. The van der Waals surface area contributed by atoms with Gasteiger partial charge in [-0.1, -0.05) is 17.7 Å². The van der Waals surface area contributed by atoms with Crippen LogP contribution in [-0.4, -0.2) is 26.4 Å². The van der Waals surface area contributed by atoms with E-state index in [0.717, 1.165) is 0 Å². The second kappa shape index (κ2) is 8.30. The molecule has 2 N–H and O–H groups in total. The lowest BCUT2D eigenvalue weighted by atomic mass is 10.1. The molecule has 0 radical (unpaired) electrons. The van der Waals surface area contributed by atoms with Gasteiger partial charge in [0.05, 0.1) is 17.8 Å². The van der Waals surface area contributed by atoms with E-state index in [4.69, 9.17) is 11.6 Å². The predicted octanol–water partition coefficient (Wildman–Crippen LogP) is 3.70. The molecule has 2 heterocycles. The van der Waals surface area contributed by atoms with Crippen LogP contribution in [-0.2, 0) is 6.54 Å². The molecular weight excluding hydrogens is 409 g/mol. The lowest BCUT2D eigenvalue weighted by Crippen LogP contribution is -2.25. The van der Waals surface area contributed by atoms with Crippen LogP contribution in [0.2, 0.25) is 5.02 Å². The smallest absolute Gasteiger partial charge is 0.255 e. The highest BCUT2D eigenvalue weighted by Crippen LogP contribution is 2.22. The van der Waals surface area contributed by atoms with E-state index in [1.165, 1.54) is 36.4 Å². The second-order valence-electron chi connectivity index (χ2n) is 6.38. The lowest BCUT2D eigenvalue weighted by Gasteiger charge is -2.12. The molecule has 4 aromatic rings. The fraction of sp³-hybridized carbons (Fsp3) is 0.0476. The molecule has 0 aliphatic rings. The van der Waals surface area contributed by atoms with E-state index >= 15 is 0 Å². The van der Waals surface area contributed by atoms with Gasteiger partial charge >= 0.3 is 0 Å². The van der Waals surface area contributed by atoms with Gasteiger partial charge in [-0.25, -0.2) is 4.39 Å². The molecule has 0 aliphatic carbocycles. The molecular formula is C21H15ClFN5O2. The summed E-state index contributed by atoms with van der Waals surface area (Å²) >= 11 is 6.04. The Morgan fingerprint density at radius 1 is 1.00 bits per heavy atom. The van der Waals surface area contributed by atoms with Gasteiger partial charge in [0.25, 0.3) is 11.8 Å². The number of anilines is 1. The number of amides is 2. The first-order chi connectivity index (χ1) is 14.5. The van der Waals surface area contributed by atoms with Gasteiger partial charge in [-0.05, 0) is 54.6 Å². The lowest BCUT2D eigenvalue weighted by molar-refractivity contribution is 0.0950. The number of nitrogens with zero attached hydrogens (tertiary/aromatic N) is 3. The Kier molecular flexibility index (Phi) is 5.40. The van der Waals surface area contributed by atoms with Crippen molar-refractivity contribution in [2.24, 2.45) is 0 Å². The highest BCUT2D eigenvalue weighted by molar-refractivity contribution is 6.31. The summed E-state index contributed by atoms with van der Waals surface area (Å²) in [4.78, 5) is 25.2. The third-order valence-corrected chi connectivity index (χ3v) is 4.61. The number of carbonyl (C=O) groups is 2. The summed E-state index contributed by atoms with van der Waals surface area (Å²) in [6, 6.07) is 15.1. The minimum Gasteiger partial charge on any atom is -0.345 e. The van der Waals surface area contributed by atoms with Crippen LogP contribution in [0.1, 0.15) is 26.5 Å². The van der Waals surface area contributed by atoms with Crippen molar-refractivity contribution in [1.82, 2.24) is 19.9 Å². The average molecular weight is 424 g/mol. The summed E-state index contributed by atoms with van der Waals surface area (Å²) in [5, 5.41) is 13.9. The van der Waals surface area contributed by atoms with Crippen LogP contribution < -0.4 is 10.6 Å². The van der Waals surface area contributed by atoms with Gasteiger partial charge in [0, 0.05) is 16.8 Å². The fourth-order valence-corrected chi connectivity index (χ4v) is 3.05. The molecule has 0 bridgehead atoms. The summed E-state index contributed by atoms with van der Waals surface area (Å²) in [7, 11) is 0. The number of pyridine rings is 1. The zero-order valence-electron chi connectivity index (χ0n) is 15.5. The van der Waals surface area contributed by atoms with E-state index in [1.54, 1.807) is 22.7 Å². The predicted molar refractivity (Wildman–Crippen MR) is 110 cm³/mol. The van der Waals surface area contributed by atoms with Crippen LogP contribution >= 0.6 is 11.6 Å². The van der Waals surface area contributed by atoms with Gasteiger partial charge in [-0.2, -0.15) is 0 Å². The van der Waals surface area contributed by atoms with Crippen molar-refractivity contribution in [3.05, 3.63) is 94.7 Å². The van der Waals surface area contributed by atoms with Crippen LogP contribution in [0.3, 0.4) is 0 Å². The SMILES string of the molecule is O=C(Nc1cc(Cl)ccc1C(=O)NCc1nnc2ccccn12)c1ccc(F)cc1. The van der Waals surface area contributed by atoms with Crippen LogP contribution in [0.4, 0.5) is 10.1 Å². The van der Waals surface area contributed by atoms with E-state index in [0.29, 0.717) is 16.5 Å². The normalized spacial score (nSPS) is 10.7. The van der Waals surface area contributed by atoms with Crippen molar-refractivity contribution < 1.29 is 14.0 Å². The van der Waals surface area contributed by atoms with E-state index in [9.17, 15) is 14.0 Å². The number of benzene rings is 2. The van der Waals surface area contributed by atoms with Gasteiger partial charge in [-0.15, -0.1) is 10.2 Å². The van der Waals surface area contributed by atoms with E-state index in [2.05, 4.69) is 20.8 Å². The Bertz CT molecular complexity index is 1240. The third-order valence-electron chi connectivity index (χ3n) is 4.37. The largest absolute Gasteiger partial charge is 0.345 e. The Labute approximate surface area is 175 Å². The standard InChI is InChI=1S/C21H15ClFN5O2/c22-14-6-9-16(17(11-14)25-20(29)13-4-7-15(23)8-5-13)21(30)24-12-19-27-26-18-3-1-2-10-28(18)19/h1-11H,12H2,(H,24,30)(H,25,29). The average Bonchev–Trinajstić information content (AvgIpc) is 3.16. The summed E-state index contributed by atoms with van der Waals surface area (Å²) < 4.78 is 14.8. The minimum atomic E-state index is -0.491.